The lowest BCUT2D eigenvalue weighted by Crippen LogP contribution is -2.56. The van der Waals surface area contributed by atoms with Crippen LogP contribution in [0.15, 0.2) is 34.2 Å². The summed E-state index contributed by atoms with van der Waals surface area (Å²) in [4.78, 5) is 28.8. The molecule has 1 aromatic carbocycles. The molecule has 1 aromatic rings. The van der Waals surface area contributed by atoms with Crippen molar-refractivity contribution >= 4 is 27.7 Å². The van der Waals surface area contributed by atoms with E-state index in [2.05, 4.69) is 15.0 Å². The Morgan fingerprint density at radius 3 is 2.62 bits per heavy atom. The smallest absolute Gasteiger partial charge is 0.331 e. The molecule has 0 bridgehead atoms. The van der Waals surface area contributed by atoms with Gasteiger partial charge < -0.3 is 10.1 Å². The molecule has 2 N–H and O–H groups in total. The summed E-state index contributed by atoms with van der Waals surface area (Å²) in [5.74, 6) is -0.773. The molecule has 1 amide bonds. The van der Waals surface area contributed by atoms with E-state index in [4.69, 9.17) is 4.74 Å². The van der Waals surface area contributed by atoms with E-state index >= 15 is 0 Å². The summed E-state index contributed by atoms with van der Waals surface area (Å²) in [7, 11) is -2.35. The summed E-state index contributed by atoms with van der Waals surface area (Å²) in [6, 6.07) is 6.43. The van der Waals surface area contributed by atoms with Crippen LogP contribution in [0.2, 0.25) is 0 Å². The highest BCUT2D eigenvalue weighted by molar-refractivity contribution is 7.90. The second kappa shape index (κ2) is 7.06. The van der Waals surface area contributed by atoms with Crippen LogP contribution in [0, 0.1) is 0 Å². The Morgan fingerprint density at radius 2 is 1.92 bits per heavy atom. The van der Waals surface area contributed by atoms with Crippen molar-refractivity contribution in [3.05, 3.63) is 29.8 Å². The van der Waals surface area contributed by atoms with Crippen molar-refractivity contribution in [1.29, 1.82) is 0 Å². The Morgan fingerprint density at radius 1 is 1.23 bits per heavy atom. The third kappa shape index (κ3) is 3.44. The Hall–Kier alpha value is -2.42. The summed E-state index contributed by atoms with van der Waals surface area (Å²) in [5.41, 5.74) is -0.585. The van der Waals surface area contributed by atoms with Gasteiger partial charge in [-0.25, -0.2) is 13.2 Å². The van der Waals surface area contributed by atoms with E-state index in [-0.39, 0.29) is 17.3 Å². The van der Waals surface area contributed by atoms with Crippen molar-refractivity contribution in [2.45, 2.75) is 42.5 Å². The molecule has 1 saturated carbocycles. The number of hydrogen-bond donors (Lipinski definition) is 2. The largest absolute Gasteiger partial charge is 0.467 e. The van der Waals surface area contributed by atoms with E-state index in [1.54, 1.807) is 18.2 Å². The fraction of sp³-hybridized carbons (Fsp3) is 0.471. The average Bonchev–Trinajstić information content (AvgIpc) is 2.91. The topological polar surface area (TPSA) is 114 Å². The average molecular weight is 379 g/mol. The van der Waals surface area contributed by atoms with Crippen molar-refractivity contribution in [2.24, 2.45) is 4.99 Å². The van der Waals surface area contributed by atoms with Crippen molar-refractivity contribution in [3.8, 4) is 0 Å². The highest BCUT2D eigenvalue weighted by atomic mass is 32.2. The van der Waals surface area contributed by atoms with Crippen LogP contribution >= 0.6 is 0 Å². The number of esters is 1. The molecule has 140 valence electrons. The number of rotatable bonds is 4. The molecule has 0 atom stereocenters. The van der Waals surface area contributed by atoms with E-state index in [1.165, 1.54) is 13.2 Å². The first kappa shape index (κ1) is 18.4. The van der Waals surface area contributed by atoms with Gasteiger partial charge in [-0.05, 0) is 25.0 Å². The Balaban J connectivity index is 1.75. The first-order valence-corrected chi connectivity index (χ1v) is 9.92. The van der Waals surface area contributed by atoms with Crippen LogP contribution in [0.4, 0.5) is 0 Å². The fourth-order valence-electron chi connectivity index (χ4n) is 3.44. The summed E-state index contributed by atoms with van der Waals surface area (Å²) >= 11 is 0. The molecule has 0 saturated heterocycles. The summed E-state index contributed by atoms with van der Waals surface area (Å²) < 4.78 is 31.3. The van der Waals surface area contributed by atoms with Gasteiger partial charge in [-0.1, -0.05) is 31.4 Å². The predicted octanol–water partition coefficient (Wildman–Crippen LogP) is 0.717. The number of nitrogens with zero attached hydrogens (tertiary/aromatic N) is 1. The number of nitrogens with one attached hydrogen (secondary N) is 2. The van der Waals surface area contributed by atoms with Crippen molar-refractivity contribution in [2.75, 3.05) is 13.7 Å². The Bertz CT molecular complexity index is 857. The number of hydrogen-bond acceptors (Lipinski definition) is 6. The van der Waals surface area contributed by atoms with Gasteiger partial charge in [-0.15, -0.1) is 0 Å². The SMILES string of the molecule is COC(=O)C1(NC(=O)CN=C2NS(=O)(=O)c3ccccc32)CCCCC1. The molecule has 3 rings (SSSR count). The number of amides is 1. The van der Waals surface area contributed by atoms with Gasteiger partial charge in [0.25, 0.3) is 10.0 Å². The van der Waals surface area contributed by atoms with Crippen molar-refractivity contribution in [1.82, 2.24) is 10.0 Å². The number of methoxy groups -OCH3 is 1. The number of carbonyl (C=O) groups is 2. The van der Waals surface area contributed by atoms with Crippen LogP contribution in [-0.4, -0.2) is 45.3 Å². The lowest BCUT2D eigenvalue weighted by atomic mass is 9.81. The third-order valence-corrected chi connectivity index (χ3v) is 6.10. The second-order valence-electron chi connectivity index (χ2n) is 6.45. The summed E-state index contributed by atoms with van der Waals surface area (Å²) in [6.45, 7) is -0.287. The molecular formula is C17H21N3O5S. The molecule has 1 aliphatic carbocycles. The molecule has 1 aliphatic heterocycles. The molecule has 9 heteroatoms. The fourth-order valence-corrected chi connectivity index (χ4v) is 4.69. The molecular weight excluding hydrogens is 358 g/mol. The molecule has 1 heterocycles. The van der Waals surface area contributed by atoms with Crippen molar-refractivity contribution in [3.63, 3.8) is 0 Å². The maximum Gasteiger partial charge on any atom is 0.331 e. The molecule has 0 spiro atoms. The number of sulfonamides is 1. The van der Waals surface area contributed by atoms with Gasteiger partial charge in [0.1, 0.15) is 17.9 Å². The van der Waals surface area contributed by atoms with Crippen molar-refractivity contribution < 1.29 is 22.7 Å². The molecule has 0 radical (unpaired) electrons. The van der Waals surface area contributed by atoms with E-state index in [0.717, 1.165) is 19.3 Å². The minimum Gasteiger partial charge on any atom is -0.467 e. The lowest BCUT2D eigenvalue weighted by Gasteiger charge is -2.35. The first-order valence-electron chi connectivity index (χ1n) is 8.44. The number of amidine groups is 1. The maximum absolute atomic E-state index is 12.4. The molecule has 8 nitrogen and oxygen atoms in total. The van der Waals surface area contributed by atoms with Gasteiger partial charge in [0.2, 0.25) is 5.91 Å². The van der Waals surface area contributed by atoms with Gasteiger partial charge in [0, 0.05) is 5.56 Å². The summed E-state index contributed by atoms with van der Waals surface area (Å²) in [5, 5.41) is 2.75. The maximum atomic E-state index is 12.4. The quantitative estimate of drug-likeness (QED) is 0.748. The minimum absolute atomic E-state index is 0.131. The molecule has 0 unspecified atom stereocenters. The van der Waals surface area contributed by atoms with Crippen LogP contribution in [-0.2, 0) is 24.3 Å². The van der Waals surface area contributed by atoms with E-state index in [1.807, 2.05) is 0 Å². The van der Waals surface area contributed by atoms with Gasteiger partial charge in [0.05, 0.1) is 12.0 Å². The molecule has 2 aliphatic rings. The Labute approximate surface area is 152 Å². The van der Waals surface area contributed by atoms with Gasteiger partial charge in [-0.2, -0.15) is 0 Å². The zero-order chi connectivity index (χ0) is 18.8. The van der Waals surface area contributed by atoms with Crippen LogP contribution < -0.4 is 10.0 Å². The summed E-state index contributed by atoms with van der Waals surface area (Å²) in [6.07, 6.45) is 3.72. The number of carbonyl (C=O) groups excluding carboxylic acids is 2. The highest BCUT2D eigenvalue weighted by Crippen LogP contribution is 2.29. The zero-order valence-electron chi connectivity index (χ0n) is 14.4. The van der Waals surface area contributed by atoms with Crippen LogP contribution in [0.1, 0.15) is 37.7 Å². The molecule has 1 fully saturated rings. The highest BCUT2D eigenvalue weighted by Gasteiger charge is 2.42. The van der Waals surface area contributed by atoms with E-state index in [9.17, 15) is 18.0 Å². The molecule has 0 aromatic heterocycles. The van der Waals surface area contributed by atoms with Crippen LogP contribution in [0.5, 0.6) is 0 Å². The number of fused-ring (bicyclic) bond motifs is 1. The van der Waals surface area contributed by atoms with Crippen LogP contribution in [0.3, 0.4) is 0 Å². The number of benzene rings is 1. The second-order valence-corrected chi connectivity index (χ2v) is 8.10. The van der Waals surface area contributed by atoms with Gasteiger partial charge in [0.15, 0.2) is 0 Å². The van der Waals surface area contributed by atoms with Gasteiger partial charge in [-0.3, -0.25) is 14.5 Å². The predicted molar refractivity (Wildman–Crippen MR) is 94.1 cm³/mol. The zero-order valence-corrected chi connectivity index (χ0v) is 15.3. The van der Waals surface area contributed by atoms with Crippen LogP contribution in [0.25, 0.3) is 0 Å². The van der Waals surface area contributed by atoms with Gasteiger partial charge >= 0.3 is 5.97 Å². The standard InChI is InChI=1S/C17H21N3O5S/c1-25-16(22)17(9-5-2-6-10-17)19-14(21)11-18-15-12-7-3-4-8-13(12)26(23,24)20-15/h3-4,7-8H,2,5-6,9-11H2,1H3,(H,18,20)(H,19,21). The van der Waals surface area contributed by atoms with E-state index in [0.29, 0.717) is 18.4 Å². The number of aliphatic imine (C=N–C) groups is 1. The monoisotopic (exact) mass is 379 g/mol. The minimum atomic E-state index is -3.65. The normalized spacial score (nSPS) is 21.5. The number of ether oxygens (including phenoxy) is 1. The lowest BCUT2D eigenvalue weighted by molar-refractivity contribution is -0.152. The van der Waals surface area contributed by atoms with E-state index < -0.39 is 27.4 Å². The third-order valence-electron chi connectivity index (χ3n) is 4.71. The Kier molecular flexibility index (Phi) is 4.99. The molecule has 26 heavy (non-hydrogen) atoms. The first-order chi connectivity index (χ1) is 12.4.